The van der Waals surface area contributed by atoms with Crippen LogP contribution in [0.3, 0.4) is 0 Å². The van der Waals surface area contributed by atoms with Crippen LogP contribution in [0.25, 0.3) is 10.4 Å². The average molecular weight is 391 g/mol. The molecule has 0 unspecified atom stereocenters. The predicted octanol–water partition coefficient (Wildman–Crippen LogP) is 4.63. The maximum absolute atomic E-state index is 13.5. The fourth-order valence-corrected chi connectivity index (χ4v) is 3.10. The number of esters is 1. The standard InChI is InChI=1S/C19H12F3NO3S/c20-12-3-1-11(2-4-12)16-7-8-17(27-16)19(25)26-10-18(24)23-15-9-13(21)5-6-14(15)22/h1-9H,10H2,(H,23,24). The lowest BCUT2D eigenvalue weighted by Gasteiger charge is -2.07. The SMILES string of the molecule is O=C(COC(=O)c1ccc(-c2ccc(F)cc2)s1)Nc1cc(F)ccc1F. The first kappa shape index (κ1) is 18.7. The molecule has 1 N–H and O–H groups in total. The Hall–Kier alpha value is -3.13. The number of thiophene rings is 1. The highest BCUT2D eigenvalue weighted by molar-refractivity contribution is 7.17. The molecule has 0 aliphatic rings. The fraction of sp³-hybridized carbons (Fsp3) is 0.0526. The molecule has 0 aliphatic carbocycles. The van der Waals surface area contributed by atoms with Crippen LogP contribution in [0.15, 0.2) is 54.6 Å². The Morgan fingerprint density at radius 2 is 1.63 bits per heavy atom. The van der Waals surface area contributed by atoms with Crippen LogP contribution in [-0.2, 0) is 9.53 Å². The third kappa shape index (κ3) is 4.73. The van der Waals surface area contributed by atoms with Gasteiger partial charge in [0.25, 0.3) is 5.91 Å². The molecule has 27 heavy (non-hydrogen) atoms. The highest BCUT2D eigenvalue weighted by atomic mass is 32.1. The van der Waals surface area contributed by atoms with E-state index in [1.807, 2.05) is 0 Å². The minimum atomic E-state index is -0.807. The van der Waals surface area contributed by atoms with Crippen LogP contribution in [0.4, 0.5) is 18.9 Å². The molecular formula is C19H12F3NO3S. The van der Waals surface area contributed by atoms with Gasteiger partial charge in [-0.2, -0.15) is 0 Å². The minimum absolute atomic E-state index is 0.249. The van der Waals surface area contributed by atoms with Crippen molar-refractivity contribution in [3.63, 3.8) is 0 Å². The highest BCUT2D eigenvalue weighted by Crippen LogP contribution is 2.28. The Labute approximate surface area is 156 Å². The summed E-state index contributed by atoms with van der Waals surface area (Å²) in [6.07, 6.45) is 0. The van der Waals surface area contributed by atoms with E-state index in [4.69, 9.17) is 4.74 Å². The molecule has 4 nitrogen and oxygen atoms in total. The van der Waals surface area contributed by atoms with Gasteiger partial charge in [0.2, 0.25) is 0 Å². The van der Waals surface area contributed by atoms with E-state index in [1.165, 1.54) is 18.2 Å². The molecule has 1 amide bonds. The number of amides is 1. The van der Waals surface area contributed by atoms with Crippen molar-refractivity contribution in [3.05, 3.63) is 76.9 Å². The number of carbonyl (C=O) groups excluding carboxylic acids is 2. The van der Waals surface area contributed by atoms with E-state index in [-0.39, 0.29) is 16.4 Å². The Morgan fingerprint density at radius 1 is 0.926 bits per heavy atom. The van der Waals surface area contributed by atoms with Gasteiger partial charge in [0.05, 0.1) is 5.69 Å². The summed E-state index contributed by atoms with van der Waals surface area (Å²) in [6.45, 7) is -0.654. The molecule has 0 bridgehead atoms. The van der Waals surface area contributed by atoms with Gasteiger partial charge in [-0.15, -0.1) is 11.3 Å². The van der Waals surface area contributed by atoms with Gasteiger partial charge in [0.15, 0.2) is 6.61 Å². The normalized spacial score (nSPS) is 10.5. The topological polar surface area (TPSA) is 55.4 Å². The molecule has 1 aromatic heterocycles. The second kappa shape index (κ2) is 8.05. The number of halogens is 3. The van der Waals surface area contributed by atoms with Crippen LogP contribution >= 0.6 is 11.3 Å². The smallest absolute Gasteiger partial charge is 0.348 e. The Balaban J connectivity index is 1.58. The summed E-state index contributed by atoms with van der Waals surface area (Å²) in [6, 6.07) is 11.6. The largest absolute Gasteiger partial charge is 0.451 e. The maximum Gasteiger partial charge on any atom is 0.348 e. The first-order valence-electron chi connectivity index (χ1n) is 7.70. The Kier molecular flexibility index (Phi) is 5.56. The molecule has 0 spiro atoms. The van der Waals surface area contributed by atoms with Gasteiger partial charge in [0, 0.05) is 10.9 Å². The summed E-state index contributed by atoms with van der Waals surface area (Å²) in [4.78, 5) is 24.8. The van der Waals surface area contributed by atoms with Crippen LogP contribution in [0.1, 0.15) is 9.67 Å². The summed E-state index contributed by atoms with van der Waals surface area (Å²) in [5.74, 6) is -3.42. The molecule has 138 valence electrons. The zero-order chi connectivity index (χ0) is 19.4. The van der Waals surface area contributed by atoms with Gasteiger partial charge in [-0.3, -0.25) is 4.79 Å². The number of hydrogen-bond acceptors (Lipinski definition) is 4. The monoisotopic (exact) mass is 391 g/mol. The van der Waals surface area contributed by atoms with Crippen molar-refractivity contribution in [1.29, 1.82) is 0 Å². The van der Waals surface area contributed by atoms with Gasteiger partial charge in [0.1, 0.15) is 22.3 Å². The highest BCUT2D eigenvalue weighted by Gasteiger charge is 2.15. The fourth-order valence-electron chi connectivity index (χ4n) is 2.20. The average Bonchev–Trinajstić information content (AvgIpc) is 3.13. The molecular weight excluding hydrogens is 379 g/mol. The minimum Gasteiger partial charge on any atom is -0.451 e. The van der Waals surface area contributed by atoms with E-state index in [0.717, 1.165) is 40.0 Å². The number of ether oxygens (including phenoxy) is 1. The Bertz CT molecular complexity index is 986. The number of anilines is 1. The first-order valence-corrected chi connectivity index (χ1v) is 8.52. The van der Waals surface area contributed by atoms with E-state index >= 15 is 0 Å². The van der Waals surface area contributed by atoms with Crippen molar-refractivity contribution in [3.8, 4) is 10.4 Å². The van der Waals surface area contributed by atoms with Crippen molar-refractivity contribution in [2.24, 2.45) is 0 Å². The molecule has 0 atom stereocenters. The molecule has 8 heteroatoms. The summed E-state index contributed by atoms with van der Waals surface area (Å²) >= 11 is 1.12. The molecule has 3 rings (SSSR count). The van der Waals surface area contributed by atoms with Gasteiger partial charge >= 0.3 is 5.97 Å². The molecule has 1 heterocycles. The Morgan fingerprint density at radius 3 is 2.37 bits per heavy atom. The molecule has 3 aromatic rings. The summed E-state index contributed by atoms with van der Waals surface area (Å²) in [7, 11) is 0. The first-order chi connectivity index (χ1) is 12.9. The quantitative estimate of drug-likeness (QED) is 0.646. The van der Waals surface area contributed by atoms with E-state index in [1.54, 1.807) is 18.2 Å². The van der Waals surface area contributed by atoms with E-state index in [9.17, 15) is 22.8 Å². The van der Waals surface area contributed by atoms with Crippen LogP contribution in [-0.4, -0.2) is 18.5 Å². The lowest BCUT2D eigenvalue weighted by atomic mass is 10.2. The number of hydrogen-bond donors (Lipinski definition) is 1. The summed E-state index contributed by atoms with van der Waals surface area (Å²) in [5, 5.41) is 2.13. The number of rotatable bonds is 5. The van der Waals surface area contributed by atoms with Crippen LogP contribution in [0.2, 0.25) is 0 Å². The van der Waals surface area contributed by atoms with Gasteiger partial charge in [-0.05, 0) is 42.0 Å². The van der Waals surface area contributed by atoms with Crippen molar-refractivity contribution in [1.82, 2.24) is 0 Å². The summed E-state index contributed by atoms with van der Waals surface area (Å²) < 4.78 is 44.4. The zero-order valence-corrected chi connectivity index (χ0v) is 14.5. The molecule has 0 fully saturated rings. The molecule has 0 aliphatic heterocycles. The third-order valence-electron chi connectivity index (χ3n) is 3.47. The van der Waals surface area contributed by atoms with Crippen molar-refractivity contribution < 1.29 is 27.5 Å². The van der Waals surface area contributed by atoms with E-state index in [2.05, 4.69) is 5.32 Å². The molecule has 0 radical (unpaired) electrons. The van der Waals surface area contributed by atoms with Crippen LogP contribution in [0, 0.1) is 17.5 Å². The van der Waals surface area contributed by atoms with Crippen LogP contribution in [0.5, 0.6) is 0 Å². The van der Waals surface area contributed by atoms with Gasteiger partial charge < -0.3 is 10.1 Å². The van der Waals surface area contributed by atoms with Crippen molar-refractivity contribution in [2.45, 2.75) is 0 Å². The number of nitrogens with one attached hydrogen (secondary N) is 1. The number of benzene rings is 2. The molecule has 0 saturated heterocycles. The molecule has 0 saturated carbocycles. The maximum atomic E-state index is 13.5. The third-order valence-corrected chi connectivity index (χ3v) is 4.59. The van der Waals surface area contributed by atoms with E-state index in [0.29, 0.717) is 0 Å². The van der Waals surface area contributed by atoms with Crippen molar-refractivity contribution in [2.75, 3.05) is 11.9 Å². The zero-order valence-electron chi connectivity index (χ0n) is 13.7. The lowest BCUT2D eigenvalue weighted by molar-refractivity contribution is -0.119. The van der Waals surface area contributed by atoms with Crippen molar-refractivity contribution >= 4 is 28.9 Å². The lowest BCUT2D eigenvalue weighted by Crippen LogP contribution is -2.21. The van der Waals surface area contributed by atoms with Gasteiger partial charge in [-0.25, -0.2) is 18.0 Å². The van der Waals surface area contributed by atoms with Gasteiger partial charge in [-0.1, -0.05) is 12.1 Å². The second-order valence-corrected chi connectivity index (χ2v) is 6.50. The summed E-state index contributed by atoms with van der Waals surface area (Å²) in [5.41, 5.74) is 0.394. The molecule has 2 aromatic carbocycles. The van der Waals surface area contributed by atoms with E-state index < -0.39 is 30.1 Å². The predicted molar refractivity (Wildman–Crippen MR) is 95.0 cm³/mol. The number of carbonyl (C=O) groups is 2. The second-order valence-electron chi connectivity index (χ2n) is 5.42. The van der Waals surface area contributed by atoms with Crippen LogP contribution < -0.4 is 5.32 Å².